The molecule has 3 N–H and O–H groups in total. The minimum Gasteiger partial charge on any atom is -0.481 e. The van der Waals surface area contributed by atoms with Crippen LogP contribution in [0.15, 0.2) is 12.2 Å². The number of carboxylic acid groups (broad SMARTS) is 3. The second kappa shape index (κ2) is 25.4. The van der Waals surface area contributed by atoms with Gasteiger partial charge >= 0.3 is 17.9 Å². The summed E-state index contributed by atoms with van der Waals surface area (Å²) in [6.45, 7) is 5.63. The van der Waals surface area contributed by atoms with E-state index in [4.69, 9.17) is 15.3 Å². The number of hydrogen-bond donors (Lipinski definition) is 3. The molecular formula is C31H58NO6+. The topological polar surface area (TPSA) is 112 Å². The summed E-state index contributed by atoms with van der Waals surface area (Å²) in [5.41, 5.74) is 0. The van der Waals surface area contributed by atoms with Gasteiger partial charge in [-0.3, -0.25) is 14.4 Å². The van der Waals surface area contributed by atoms with Gasteiger partial charge in [0.1, 0.15) is 0 Å². The van der Waals surface area contributed by atoms with Gasteiger partial charge in [-0.25, -0.2) is 0 Å². The number of rotatable bonds is 29. The van der Waals surface area contributed by atoms with Crippen LogP contribution < -0.4 is 0 Å². The molecule has 0 aromatic carbocycles. The molecule has 0 aromatic rings. The highest BCUT2D eigenvalue weighted by molar-refractivity contribution is 5.67. The number of allylic oxidation sites excluding steroid dienone is 1. The third-order valence-corrected chi connectivity index (χ3v) is 7.45. The van der Waals surface area contributed by atoms with Crippen molar-refractivity contribution < 1.29 is 34.2 Å². The van der Waals surface area contributed by atoms with Crippen molar-refractivity contribution in [3.63, 3.8) is 0 Å². The van der Waals surface area contributed by atoms with E-state index >= 15 is 0 Å². The minimum atomic E-state index is -0.780. The number of carbonyl (C=O) groups is 3. The van der Waals surface area contributed by atoms with E-state index in [1.54, 1.807) is 0 Å². The van der Waals surface area contributed by atoms with Crippen molar-refractivity contribution >= 4 is 17.9 Å². The molecule has 7 nitrogen and oxygen atoms in total. The maximum Gasteiger partial charge on any atom is 0.303 e. The van der Waals surface area contributed by atoms with Crippen LogP contribution in [0.25, 0.3) is 0 Å². The van der Waals surface area contributed by atoms with Crippen molar-refractivity contribution in [2.45, 2.75) is 142 Å². The van der Waals surface area contributed by atoms with Gasteiger partial charge in [0.05, 0.1) is 26.2 Å². The van der Waals surface area contributed by atoms with E-state index in [1.807, 2.05) is 0 Å². The largest absolute Gasteiger partial charge is 0.481 e. The fraction of sp³-hybridized carbons (Fsp3) is 0.839. The lowest BCUT2D eigenvalue weighted by atomic mass is 10.1. The van der Waals surface area contributed by atoms with Gasteiger partial charge in [-0.2, -0.15) is 0 Å². The number of quaternary nitrogens is 1. The SMILES string of the molecule is CCCCCCCCCCCCC/C=C/C[N+](CCCCC(=O)O)(CCCCC(=O)O)CCCCC(=O)O. The molecule has 0 aliphatic heterocycles. The third kappa shape index (κ3) is 24.4. The predicted octanol–water partition coefficient (Wildman–Crippen LogP) is 7.83. The van der Waals surface area contributed by atoms with Gasteiger partial charge in [-0.15, -0.1) is 0 Å². The first kappa shape index (κ1) is 36.1. The molecule has 0 rings (SSSR count). The van der Waals surface area contributed by atoms with Crippen molar-refractivity contribution in [1.82, 2.24) is 0 Å². The van der Waals surface area contributed by atoms with Crippen LogP contribution in [-0.2, 0) is 14.4 Å². The van der Waals surface area contributed by atoms with Gasteiger partial charge in [0.2, 0.25) is 0 Å². The van der Waals surface area contributed by atoms with E-state index in [0.29, 0.717) is 19.3 Å². The van der Waals surface area contributed by atoms with E-state index < -0.39 is 17.9 Å². The Morgan fingerprint density at radius 2 is 0.868 bits per heavy atom. The molecule has 7 heteroatoms. The standard InChI is InChI=1S/C31H57NO6/c1-2-3-4-5-6-7-8-9-10-11-12-13-14-18-25-32(26-19-15-22-29(33)34,27-20-16-23-30(35)36)28-21-17-24-31(37)38/h14,18H,2-13,15-17,19-28H2,1H3,(H2-,33,34,35,36,37,38)/p+1/b18-14+. The fourth-order valence-corrected chi connectivity index (χ4v) is 5.12. The normalized spacial score (nSPS) is 11.8. The molecule has 0 spiro atoms. The zero-order chi connectivity index (χ0) is 28.3. The molecule has 0 amide bonds. The summed E-state index contributed by atoms with van der Waals surface area (Å²) in [4.78, 5) is 32.9. The molecule has 222 valence electrons. The van der Waals surface area contributed by atoms with Crippen LogP contribution in [-0.4, -0.2) is 63.9 Å². The number of unbranched alkanes of at least 4 members (excludes halogenated alkanes) is 14. The average Bonchev–Trinajstić information content (AvgIpc) is 2.87. The molecule has 38 heavy (non-hydrogen) atoms. The first-order chi connectivity index (χ1) is 18.3. The molecule has 0 bridgehead atoms. The molecule has 0 radical (unpaired) electrons. The second-order valence-corrected chi connectivity index (χ2v) is 11.0. The molecule has 0 unspecified atom stereocenters. The number of aliphatic carboxylic acids is 3. The Kier molecular flexibility index (Phi) is 24.1. The highest BCUT2D eigenvalue weighted by Crippen LogP contribution is 2.18. The summed E-state index contributed by atoms with van der Waals surface area (Å²) in [7, 11) is 0. The van der Waals surface area contributed by atoms with E-state index in [9.17, 15) is 14.4 Å². The minimum absolute atomic E-state index is 0.159. The smallest absolute Gasteiger partial charge is 0.303 e. The summed E-state index contributed by atoms with van der Waals surface area (Å²) in [6, 6.07) is 0. The number of nitrogens with zero attached hydrogens (tertiary/aromatic N) is 1. The molecule has 0 saturated carbocycles. The lowest BCUT2D eigenvalue weighted by Gasteiger charge is -2.38. The lowest BCUT2D eigenvalue weighted by molar-refractivity contribution is -0.923. The maximum atomic E-state index is 11.0. The molecule has 0 aliphatic carbocycles. The van der Waals surface area contributed by atoms with E-state index in [0.717, 1.165) is 56.3 Å². The fourth-order valence-electron chi connectivity index (χ4n) is 5.12. The summed E-state index contributed by atoms with van der Waals surface area (Å²) < 4.78 is 0.785. The van der Waals surface area contributed by atoms with Gasteiger partial charge in [0.25, 0.3) is 0 Å². The first-order valence-electron chi connectivity index (χ1n) is 15.5. The van der Waals surface area contributed by atoms with Gasteiger partial charge in [-0.1, -0.05) is 77.2 Å². The van der Waals surface area contributed by atoms with Crippen molar-refractivity contribution in [2.24, 2.45) is 0 Å². The zero-order valence-corrected chi connectivity index (χ0v) is 24.3. The monoisotopic (exact) mass is 540 g/mol. The van der Waals surface area contributed by atoms with Gasteiger partial charge in [0, 0.05) is 19.3 Å². The molecule has 0 saturated heterocycles. The van der Waals surface area contributed by atoms with Crippen LogP contribution in [0.4, 0.5) is 0 Å². The Hall–Kier alpha value is -1.89. The Bertz CT molecular complexity index is 579. The zero-order valence-electron chi connectivity index (χ0n) is 24.3. The average molecular weight is 541 g/mol. The number of hydrogen-bond acceptors (Lipinski definition) is 3. The van der Waals surface area contributed by atoms with E-state index in [-0.39, 0.29) is 19.3 Å². The molecule has 0 heterocycles. The lowest BCUT2D eigenvalue weighted by Crippen LogP contribution is -2.50. The van der Waals surface area contributed by atoms with Crippen molar-refractivity contribution in [3.05, 3.63) is 12.2 Å². The number of carboxylic acids is 3. The molecular weight excluding hydrogens is 482 g/mol. The molecule has 0 fully saturated rings. The Balaban J connectivity index is 4.63. The van der Waals surface area contributed by atoms with Gasteiger partial charge in [0.15, 0.2) is 0 Å². The van der Waals surface area contributed by atoms with Crippen molar-refractivity contribution in [2.75, 3.05) is 26.2 Å². The van der Waals surface area contributed by atoms with Crippen LogP contribution >= 0.6 is 0 Å². The van der Waals surface area contributed by atoms with Gasteiger partial charge in [-0.05, 0) is 57.4 Å². The highest BCUT2D eigenvalue weighted by atomic mass is 16.4. The summed E-state index contributed by atoms with van der Waals surface area (Å²) in [5.74, 6) is -2.34. The van der Waals surface area contributed by atoms with Crippen molar-refractivity contribution in [3.8, 4) is 0 Å². The van der Waals surface area contributed by atoms with Gasteiger partial charge < -0.3 is 19.8 Å². The van der Waals surface area contributed by atoms with Crippen LogP contribution in [0.3, 0.4) is 0 Å². The molecule has 0 aliphatic rings. The summed E-state index contributed by atoms with van der Waals surface area (Å²) in [6.07, 6.45) is 25.0. The Labute approximate surface area is 232 Å². The van der Waals surface area contributed by atoms with E-state index in [1.165, 1.54) is 70.6 Å². The predicted molar refractivity (Wildman–Crippen MR) is 154 cm³/mol. The van der Waals surface area contributed by atoms with Crippen LogP contribution in [0, 0.1) is 0 Å². The van der Waals surface area contributed by atoms with Crippen LogP contribution in [0.5, 0.6) is 0 Å². The third-order valence-electron chi connectivity index (χ3n) is 7.45. The highest BCUT2D eigenvalue weighted by Gasteiger charge is 2.25. The van der Waals surface area contributed by atoms with E-state index in [2.05, 4.69) is 19.1 Å². The molecule has 0 aromatic heterocycles. The second-order valence-electron chi connectivity index (χ2n) is 11.0. The first-order valence-corrected chi connectivity index (χ1v) is 15.5. The van der Waals surface area contributed by atoms with Crippen LogP contribution in [0.2, 0.25) is 0 Å². The summed E-state index contributed by atoms with van der Waals surface area (Å²) in [5, 5.41) is 27.0. The molecule has 0 atom stereocenters. The Morgan fingerprint density at radius 3 is 1.24 bits per heavy atom. The van der Waals surface area contributed by atoms with Crippen LogP contribution in [0.1, 0.15) is 142 Å². The Morgan fingerprint density at radius 1 is 0.500 bits per heavy atom. The maximum absolute atomic E-state index is 11.0. The van der Waals surface area contributed by atoms with Crippen molar-refractivity contribution in [1.29, 1.82) is 0 Å². The summed E-state index contributed by atoms with van der Waals surface area (Å²) >= 11 is 0. The quantitative estimate of drug-likeness (QED) is 0.0506.